The second-order valence-electron chi connectivity index (χ2n) is 7.10. The number of hydrazone groups is 1. The van der Waals surface area contributed by atoms with Crippen LogP contribution in [0.3, 0.4) is 0 Å². The number of rotatable bonds is 4. The van der Waals surface area contributed by atoms with Crippen LogP contribution in [0, 0.1) is 6.92 Å². The number of benzene rings is 3. The fraction of sp³-hybridized carbons (Fsp3) is 0.125. The third-order valence-corrected chi connectivity index (χ3v) is 4.97. The molecule has 0 spiro atoms. The van der Waals surface area contributed by atoms with E-state index in [0.29, 0.717) is 5.56 Å². The van der Waals surface area contributed by atoms with E-state index in [1.165, 1.54) is 5.56 Å². The van der Waals surface area contributed by atoms with Crippen LogP contribution >= 0.6 is 0 Å². The minimum absolute atomic E-state index is 0.244. The summed E-state index contributed by atoms with van der Waals surface area (Å²) >= 11 is 0. The van der Waals surface area contributed by atoms with Crippen molar-refractivity contribution in [1.29, 1.82) is 0 Å². The van der Waals surface area contributed by atoms with E-state index in [-0.39, 0.29) is 17.9 Å². The molecule has 5 nitrogen and oxygen atoms in total. The van der Waals surface area contributed by atoms with E-state index in [4.69, 9.17) is 0 Å². The topological polar surface area (TPSA) is 61.2 Å². The number of carbonyl (C=O) groups is 2. The zero-order valence-electron chi connectivity index (χ0n) is 16.1. The molecule has 1 aliphatic rings. The molecule has 1 fully saturated rings. The summed E-state index contributed by atoms with van der Waals surface area (Å²) in [5.41, 5.74) is 6.49. The van der Waals surface area contributed by atoms with E-state index in [2.05, 4.69) is 10.7 Å². The molecule has 0 radical (unpaired) electrons. The normalized spacial score (nSPS) is 19.8. The number of hydrogen-bond donors (Lipinski definition) is 2. The van der Waals surface area contributed by atoms with Gasteiger partial charge in [0.05, 0.1) is 0 Å². The van der Waals surface area contributed by atoms with Gasteiger partial charge in [0, 0.05) is 16.7 Å². The minimum Gasteiger partial charge on any atom is -0.334 e. The molecule has 29 heavy (non-hydrogen) atoms. The Hall–Kier alpha value is -3.73. The maximum Gasteiger partial charge on any atom is 0.304 e. The second kappa shape index (κ2) is 8.10. The maximum absolute atomic E-state index is 12.8. The zero-order chi connectivity index (χ0) is 20.2. The summed E-state index contributed by atoms with van der Waals surface area (Å²) in [6, 6.07) is 25.6. The zero-order valence-corrected chi connectivity index (χ0v) is 16.1. The number of hydrogen-bond acceptors (Lipinski definition) is 2. The summed E-state index contributed by atoms with van der Waals surface area (Å²) in [5.74, 6) is -0.518. The van der Waals surface area contributed by atoms with E-state index >= 15 is 0 Å². The Morgan fingerprint density at radius 1 is 0.931 bits per heavy atom. The molecule has 144 valence electrons. The second-order valence-corrected chi connectivity index (χ2v) is 7.10. The summed E-state index contributed by atoms with van der Waals surface area (Å²) in [5, 5.41) is 2.91. The van der Waals surface area contributed by atoms with Crippen LogP contribution in [0.2, 0.25) is 0 Å². The van der Waals surface area contributed by atoms with Crippen molar-refractivity contribution in [2.24, 2.45) is 0 Å². The van der Waals surface area contributed by atoms with Crippen molar-refractivity contribution in [3.63, 3.8) is 0 Å². The summed E-state index contributed by atoms with van der Waals surface area (Å²) in [6.45, 7) is 2.03. The van der Waals surface area contributed by atoms with Crippen LogP contribution in [-0.4, -0.2) is 28.8 Å². The van der Waals surface area contributed by atoms with Crippen molar-refractivity contribution >= 4 is 18.0 Å². The third-order valence-electron chi connectivity index (χ3n) is 4.97. The predicted octanol–water partition coefficient (Wildman–Crippen LogP) is 3.01. The lowest BCUT2D eigenvalue weighted by molar-refractivity contribution is -0.596. The van der Waals surface area contributed by atoms with Crippen LogP contribution < -0.4 is 10.7 Å². The molecular weight excluding hydrogens is 362 g/mol. The van der Waals surface area contributed by atoms with Gasteiger partial charge in [-0.1, -0.05) is 66.2 Å². The SMILES string of the molecule is Cc1ccc(/C=[N+]2\NC(=O)[C@H](NC(=O)c3ccccc3)[C@H]2c2ccccc2)cc1. The van der Waals surface area contributed by atoms with Crippen molar-refractivity contribution in [1.82, 2.24) is 10.7 Å². The largest absolute Gasteiger partial charge is 0.334 e. The molecule has 3 aromatic rings. The maximum atomic E-state index is 12.8. The molecule has 0 saturated carbocycles. The molecule has 5 heteroatoms. The van der Waals surface area contributed by atoms with Crippen molar-refractivity contribution < 1.29 is 14.3 Å². The first-order chi connectivity index (χ1) is 14.1. The van der Waals surface area contributed by atoms with E-state index in [9.17, 15) is 9.59 Å². The van der Waals surface area contributed by atoms with Crippen LogP contribution in [0.4, 0.5) is 0 Å². The van der Waals surface area contributed by atoms with Gasteiger partial charge in [-0.15, -0.1) is 10.1 Å². The standard InChI is InChI=1S/C24H21N3O2/c1-17-12-14-18(15-13-17)16-27-22(19-8-4-2-5-9-19)21(24(29)26-27)25-23(28)20-10-6-3-7-11-20/h2-16,21-22H,1H3,(H-,25,26,28,29)/p+1/b27-16-/t21-,22-/m1/s1. The highest BCUT2D eigenvalue weighted by Gasteiger charge is 2.47. The first-order valence-electron chi connectivity index (χ1n) is 9.53. The van der Waals surface area contributed by atoms with Crippen molar-refractivity contribution in [3.05, 3.63) is 107 Å². The lowest BCUT2D eigenvalue weighted by atomic mass is 10.00. The van der Waals surface area contributed by atoms with Gasteiger partial charge in [-0.05, 0) is 31.2 Å². The van der Waals surface area contributed by atoms with Gasteiger partial charge in [-0.25, -0.2) is 0 Å². The first-order valence-corrected chi connectivity index (χ1v) is 9.53. The molecule has 1 aliphatic heterocycles. The Labute approximate surface area is 169 Å². The van der Waals surface area contributed by atoms with Gasteiger partial charge in [0.25, 0.3) is 5.91 Å². The number of carbonyl (C=O) groups excluding carboxylic acids is 2. The van der Waals surface area contributed by atoms with Gasteiger partial charge in [0.2, 0.25) is 12.3 Å². The molecule has 0 bridgehead atoms. The fourth-order valence-electron chi connectivity index (χ4n) is 3.46. The van der Waals surface area contributed by atoms with Gasteiger partial charge in [-0.3, -0.25) is 9.59 Å². The van der Waals surface area contributed by atoms with Crippen LogP contribution in [0.25, 0.3) is 0 Å². The Morgan fingerprint density at radius 2 is 1.55 bits per heavy atom. The third kappa shape index (κ3) is 4.09. The van der Waals surface area contributed by atoms with Crippen molar-refractivity contribution in [3.8, 4) is 0 Å². The van der Waals surface area contributed by atoms with Crippen molar-refractivity contribution in [2.45, 2.75) is 19.0 Å². The molecule has 0 aromatic heterocycles. The molecule has 4 rings (SSSR count). The smallest absolute Gasteiger partial charge is 0.304 e. The predicted molar refractivity (Wildman–Crippen MR) is 112 cm³/mol. The Balaban J connectivity index is 1.69. The number of nitrogens with zero attached hydrogens (tertiary/aromatic N) is 1. The van der Waals surface area contributed by atoms with Gasteiger partial charge in [0.1, 0.15) is 0 Å². The Kier molecular flexibility index (Phi) is 5.20. The van der Waals surface area contributed by atoms with E-state index < -0.39 is 6.04 Å². The van der Waals surface area contributed by atoms with Crippen LogP contribution in [-0.2, 0) is 4.79 Å². The lowest BCUT2D eigenvalue weighted by Crippen LogP contribution is -2.42. The summed E-state index contributed by atoms with van der Waals surface area (Å²) in [7, 11) is 0. The summed E-state index contributed by atoms with van der Waals surface area (Å²) in [6.07, 6.45) is 1.89. The summed E-state index contributed by atoms with van der Waals surface area (Å²) in [4.78, 5) is 25.5. The van der Waals surface area contributed by atoms with Crippen LogP contribution in [0.15, 0.2) is 84.9 Å². The number of hydrazine groups is 1. The van der Waals surface area contributed by atoms with E-state index in [1.54, 1.807) is 28.9 Å². The monoisotopic (exact) mass is 384 g/mol. The van der Waals surface area contributed by atoms with Crippen molar-refractivity contribution in [2.75, 3.05) is 0 Å². The van der Waals surface area contributed by atoms with Gasteiger partial charge < -0.3 is 5.32 Å². The highest BCUT2D eigenvalue weighted by molar-refractivity contribution is 5.98. The van der Waals surface area contributed by atoms with Gasteiger partial charge in [0.15, 0.2) is 6.04 Å². The molecule has 2 amide bonds. The quantitative estimate of drug-likeness (QED) is 0.680. The first kappa shape index (κ1) is 18.6. The molecule has 1 saturated heterocycles. The number of aryl methyl sites for hydroxylation is 1. The molecule has 0 unspecified atom stereocenters. The molecule has 3 aromatic carbocycles. The molecule has 2 N–H and O–H groups in total. The number of nitrogens with one attached hydrogen (secondary N) is 2. The average Bonchev–Trinajstić information content (AvgIpc) is 3.05. The average molecular weight is 384 g/mol. The van der Waals surface area contributed by atoms with Crippen LogP contribution in [0.5, 0.6) is 0 Å². The Bertz CT molecular complexity index is 1040. The molecule has 2 atom stereocenters. The number of amides is 2. The fourth-order valence-corrected chi connectivity index (χ4v) is 3.46. The van der Waals surface area contributed by atoms with E-state index in [0.717, 1.165) is 11.1 Å². The minimum atomic E-state index is -0.716. The molecule has 0 aliphatic carbocycles. The van der Waals surface area contributed by atoms with Gasteiger partial charge >= 0.3 is 5.91 Å². The lowest BCUT2D eigenvalue weighted by Gasteiger charge is -2.14. The summed E-state index contributed by atoms with van der Waals surface area (Å²) < 4.78 is 1.78. The Morgan fingerprint density at radius 3 is 2.21 bits per heavy atom. The highest BCUT2D eigenvalue weighted by Crippen LogP contribution is 2.25. The van der Waals surface area contributed by atoms with Gasteiger partial charge in [-0.2, -0.15) is 0 Å². The van der Waals surface area contributed by atoms with Crippen LogP contribution in [0.1, 0.15) is 33.1 Å². The molecule has 1 heterocycles. The highest BCUT2D eigenvalue weighted by atomic mass is 16.2. The van der Waals surface area contributed by atoms with E-state index in [1.807, 2.05) is 73.8 Å². The molecular formula is C24H22N3O2+.